The Balaban J connectivity index is 1.81. The van der Waals surface area contributed by atoms with E-state index in [9.17, 15) is 4.79 Å². The second kappa shape index (κ2) is 4.63. The molecule has 1 N–H and O–H groups in total. The molecule has 1 fully saturated rings. The van der Waals surface area contributed by atoms with E-state index in [1.165, 1.54) is 0 Å². The average molecular weight is 263 g/mol. The van der Waals surface area contributed by atoms with Gasteiger partial charge in [0.05, 0.1) is 17.9 Å². The van der Waals surface area contributed by atoms with Gasteiger partial charge >= 0.3 is 0 Å². The number of nitrogens with zero attached hydrogens (tertiary/aromatic N) is 2. The maximum absolute atomic E-state index is 12.4. The van der Waals surface area contributed by atoms with E-state index < -0.39 is 0 Å². The summed E-state index contributed by atoms with van der Waals surface area (Å²) in [7, 11) is 0. The van der Waals surface area contributed by atoms with Crippen molar-refractivity contribution in [1.82, 2.24) is 15.1 Å². The highest BCUT2D eigenvalue weighted by molar-refractivity contribution is 5.94. The van der Waals surface area contributed by atoms with Crippen molar-refractivity contribution >= 4 is 5.91 Å². The fraction of sp³-hybridized carbons (Fsp3) is 0.714. The van der Waals surface area contributed by atoms with Crippen molar-refractivity contribution in [2.75, 3.05) is 13.1 Å². The number of likely N-dealkylation sites (tertiary alicyclic amines) is 1. The molecule has 19 heavy (non-hydrogen) atoms. The highest BCUT2D eigenvalue weighted by Gasteiger charge is 2.35. The number of aromatic amines is 1. The van der Waals surface area contributed by atoms with Gasteiger partial charge in [-0.1, -0.05) is 6.92 Å². The van der Waals surface area contributed by atoms with E-state index >= 15 is 0 Å². The van der Waals surface area contributed by atoms with Crippen LogP contribution in [-0.2, 0) is 11.2 Å². The van der Waals surface area contributed by atoms with E-state index in [4.69, 9.17) is 4.74 Å². The number of carbonyl (C=O) groups excluding carboxylic acids is 1. The van der Waals surface area contributed by atoms with E-state index in [0.717, 1.165) is 37.2 Å². The maximum Gasteiger partial charge on any atom is 0.274 e. The van der Waals surface area contributed by atoms with Crippen molar-refractivity contribution in [3.8, 4) is 0 Å². The van der Waals surface area contributed by atoms with Gasteiger partial charge in [-0.3, -0.25) is 9.89 Å². The van der Waals surface area contributed by atoms with Gasteiger partial charge in [0.15, 0.2) is 5.69 Å². The van der Waals surface area contributed by atoms with Crippen LogP contribution in [0.25, 0.3) is 0 Å². The molecule has 0 bridgehead atoms. The molecule has 0 saturated carbocycles. The van der Waals surface area contributed by atoms with E-state index in [1.54, 1.807) is 0 Å². The van der Waals surface area contributed by atoms with Crippen molar-refractivity contribution in [1.29, 1.82) is 0 Å². The normalized spacial score (nSPS) is 27.0. The lowest BCUT2D eigenvalue weighted by Gasteiger charge is -2.38. The third kappa shape index (κ3) is 2.06. The van der Waals surface area contributed by atoms with E-state index in [0.29, 0.717) is 11.6 Å². The summed E-state index contributed by atoms with van der Waals surface area (Å²) in [5, 5.41) is 7.22. The topological polar surface area (TPSA) is 58.2 Å². The molecule has 104 valence electrons. The quantitative estimate of drug-likeness (QED) is 0.886. The molecule has 0 radical (unpaired) electrons. The van der Waals surface area contributed by atoms with Gasteiger partial charge < -0.3 is 9.64 Å². The van der Waals surface area contributed by atoms with Gasteiger partial charge in [-0.2, -0.15) is 5.10 Å². The molecule has 1 amide bonds. The number of aromatic nitrogens is 2. The summed E-state index contributed by atoms with van der Waals surface area (Å²) in [6.07, 6.45) is 2.05. The molecule has 3 rings (SSSR count). The molecule has 2 aliphatic rings. The first-order valence-corrected chi connectivity index (χ1v) is 7.12. The Labute approximate surface area is 113 Å². The predicted molar refractivity (Wildman–Crippen MR) is 70.9 cm³/mol. The molecule has 5 nitrogen and oxygen atoms in total. The van der Waals surface area contributed by atoms with Crippen LogP contribution >= 0.6 is 0 Å². The van der Waals surface area contributed by atoms with Crippen LogP contribution in [0.15, 0.2) is 0 Å². The SMILES string of the molecule is CCC1CN(C(=O)c2n[nH]c3c2C[C@H](C)O[C@@H]3C)C1. The van der Waals surface area contributed by atoms with Crippen molar-refractivity contribution in [3.05, 3.63) is 17.0 Å². The van der Waals surface area contributed by atoms with Gasteiger partial charge in [0.2, 0.25) is 0 Å². The fourth-order valence-corrected chi connectivity index (χ4v) is 2.99. The number of fused-ring (bicyclic) bond motifs is 1. The van der Waals surface area contributed by atoms with Crippen LogP contribution in [-0.4, -0.2) is 40.2 Å². The van der Waals surface area contributed by atoms with Gasteiger partial charge in [-0.25, -0.2) is 0 Å². The molecule has 5 heteroatoms. The summed E-state index contributed by atoms with van der Waals surface area (Å²) in [5.41, 5.74) is 2.62. The molecule has 2 aliphatic heterocycles. The number of hydrogen-bond donors (Lipinski definition) is 1. The first-order chi connectivity index (χ1) is 9.10. The highest BCUT2D eigenvalue weighted by atomic mass is 16.5. The van der Waals surface area contributed by atoms with Crippen LogP contribution in [0.2, 0.25) is 0 Å². The minimum absolute atomic E-state index is 0.00687. The molecule has 0 aromatic carbocycles. The monoisotopic (exact) mass is 263 g/mol. The number of H-pyrrole nitrogens is 1. The third-order valence-corrected chi connectivity index (χ3v) is 4.26. The Morgan fingerprint density at radius 3 is 2.89 bits per heavy atom. The largest absolute Gasteiger partial charge is 0.369 e. The van der Waals surface area contributed by atoms with Gasteiger partial charge in [0.25, 0.3) is 5.91 Å². The molecule has 0 aliphatic carbocycles. The Morgan fingerprint density at radius 1 is 1.47 bits per heavy atom. The van der Waals surface area contributed by atoms with Crippen LogP contribution in [0.5, 0.6) is 0 Å². The molecule has 1 saturated heterocycles. The lowest BCUT2D eigenvalue weighted by Crippen LogP contribution is -2.50. The zero-order chi connectivity index (χ0) is 13.6. The Hall–Kier alpha value is -1.36. The minimum Gasteiger partial charge on any atom is -0.369 e. The van der Waals surface area contributed by atoms with Gasteiger partial charge in [0.1, 0.15) is 0 Å². The Kier molecular flexibility index (Phi) is 3.09. The van der Waals surface area contributed by atoms with Crippen LogP contribution < -0.4 is 0 Å². The lowest BCUT2D eigenvalue weighted by atomic mass is 9.95. The summed E-state index contributed by atoms with van der Waals surface area (Å²) in [6.45, 7) is 7.95. The zero-order valence-electron chi connectivity index (χ0n) is 11.8. The summed E-state index contributed by atoms with van der Waals surface area (Å²) < 4.78 is 5.74. The Bertz CT molecular complexity index is 491. The molecular formula is C14H21N3O2. The number of ether oxygens (including phenoxy) is 1. The fourth-order valence-electron chi connectivity index (χ4n) is 2.99. The van der Waals surface area contributed by atoms with Gasteiger partial charge in [-0.05, 0) is 26.2 Å². The van der Waals surface area contributed by atoms with Crippen LogP contribution in [0.1, 0.15) is 55.0 Å². The molecule has 0 spiro atoms. The highest BCUT2D eigenvalue weighted by Crippen LogP contribution is 2.31. The number of nitrogens with one attached hydrogen (secondary N) is 1. The Morgan fingerprint density at radius 2 is 2.21 bits per heavy atom. The second-order valence-electron chi connectivity index (χ2n) is 5.74. The van der Waals surface area contributed by atoms with E-state index in [2.05, 4.69) is 17.1 Å². The van der Waals surface area contributed by atoms with E-state index in [1.807, 2.05) is 18.7 Å². The van der Waals surface area contributed by atoms with Crippen LogP contribution in [0, 0.1) is 5.92 Å². The summed E-state index contributed by atoms with van der Waals surface area (Å²) in [4.78, 5) is 14.3. The number of rotatable bonds is 2. The number of hydrogen-bond acceptors (Lipinski definition) is 3. The first-order valence-electron chi connectivity index (χ1n) is 7.12. The van der Waals surface area contributed by atoms with Crippen molar-refractivity contribution < 1.29 is 9.53 Å². The molecule has 1 aromatic rings. The van der Waals surface area contributed by atoms with Gasteiger partial charge in [0, 0.05) is 25.1 Å². The van der Waals surface area contributed by atoms with E-state index in [-0.39, 0.29) is 18.1 Å². The minimum atomic E-state index is -0.00687. The number of amides is 1. The first kappa shape index (κ1) is 12.7. The zero-order valence-corrected chi connectivity index (χ0v) is 11.8. The van der Waals surface area contributed by atoms with Gasteiger partial charge in [-0.15, -0.1) is 0 Å². The maximum atomic E-state index is 12.4. The number of carbonyl (C=O) groups is 1. The summed E-state index contributed by atoms with van der Waals surface area (Å²) in [6, 6.07) is 0. The predicted octanol–water partition coefficient (Wildman–Crippen LogP) is 1.91. The van der Waals surface area contributed by atoms with Crippen LogP contribution in [0.3, 0.4) is 0 Å². The summed E-state index contributed by atoms with van der Waals surface area (Å²) in [5.74, 6) is 0.739. The molecule has 3 heterocycles. The van der Waals surface area contributed by atoms with Crippen molar-refractivity contribution in [2.45, 2.75) is 45.8 Å². The molecular weight excluding hydrogens is 242 g/mol. The molecule has 2 atom stereocenters. The summed E-state index contributed by atoms with van der Waals surface area (Å²) >= 11 is 0. The third-order valence-electron chi connectivity index (χ3n) is 4.26. The standard InChI is InChI=1S/C14H21N3O2/c1-4-10-6-17(7-10)14(18)13-11-5-8(2)19-9(3)12(11)15-16-13/h8-10H,4-7H2,1-3H3,(H,15,16)/t8-,9+/m0/s1. The smallest absolute Gasteiger partial charge is 0.274 e. The average Bonchev–Trinajstić information content (AvgIpc) is 2.71. The van der Waals surface area contributed by atoms with Crippen molar-refractivity contribution in [2.24, 2.45) is 5.92 Å². The molecule has 0 unspecified atom stereocenters. The van der Waals surface area contributed by atoms with Crippen LogP contribution in [0.4, 0.5) is 0 Å². The van der Waals surface area contributed by atoms with Crippen molar-refractivity contribution in [3.63, 3.8) is 0 Å². The second-order valence-corrected chi connectivity index (χ2v) is 5.74. The lowest BCUT2D eigenvalue weighted by molar-refractivity contribution is -0.00709. The molecule has 1 aromatic heterocycles.